The molecule has 1 aliphatic rings. The second kappa shape index (κ2) is 4.72. The molecule has 0 N–H and O–H groups in total. The van der Waals surface area contributed by atoms with Crippen LogP contribution < -0.4 is 0 Å². The molecule has 88 valence electrons. The van der Waals surface area contributed by atoms with Crippen LogP contribution in [0.25, 0.3) is 0 Å². The van der Waals surface area contributed by atoms with Crippen molar-refractivity contribution in [2.24, 2.45) is 5.92 Å². The summed E-state index contributed by atoms with van der Waals surface area (Å²) < 4.78 is 0. The van der Waals surface area contributed by atoms with Crippen molar-refractivity contribution in [2.75, 3.05) is 13.1 Å². The topological polar surface area (TPSA) is 33.2 Å². The number of halogens is 1. The molecule has 0 bridgehead atoms. The zero-order valence-corrected chi connectivity index (χ0v) is 11.0. The Hall–Kier alpha value is -0.610. The molecule has 2 heterocycles. The Morgan fingerprint density at radius 2 is 2.44 bits per heavy atom. The fraction of sp³-hybridized carbons (Fsp3) is 0.636. The minimum atomic E-state index is 0.107. The fourth-order valence-electron chi connectivity index (χ4n) is 1.95. The number of aryl methyl sites for hydroxylation is 1. The lowest BCUT2D eigenvalue weighted by molar-refractivity contribution is 0.0691. The Morgan fingerprint density at radius 1 is 1.69 bits per heavy atom. The zero-order valence-electron chi connectivity index (χ0n) is 9.44. The van der Waals surface area contributed by atoms with E-state index in [4.69, 9.17) is 11.6 Å². The Kier molecular flexibility index (Phi) is 3.50. The van der Waals surface area contributed by atoms with Crippen LogP contribution in [-0.4, -0.2) is 34.3 Å². The lowest BCUT2D eigenvalue weighted by Crippen LogP contribution is -2.43. The van der Waals surface area contributed by atoms with Gasteiger partial charge >= 0.3 is 0 Å². The Morgan fingerprint density at radius 3 is 3.00 bits per heavy atom. The second-order valence-electron chi connectivity index (χ2n) is 4.30. The largest absolute Gasteiger partial charge is 0.338 e. The normalized spacial score (nSPS) is 25.8. The molecule has 1 aliphatic heterocycles. The third-order valence-corrected chi connectivity index (χ3v) is 4.59. The molecule has 5 heteroatoms. The molecule has 1 fully saturated rings. The molecule has 2 rings (SSSR count). The van der Waals surface area contributed by atoms with Crippen LogP contribution in [0.2, 0.25) is 0 Å². The highest BCUT2D eigenvalue weighted by atomic mass is 35.5. The second-order valence-corrected chi connectivity index (χ2v) is 5.72. The van der Waals surface area contributed by atoms with Crippen molar-refractivity contribution in [3.8, 4) is 0 Å². The van der Waals surface area contributed by atoms with E-state index < -0.39 is 0 Å². The van der Waals surface area contributed by atoms with Gasteiger partial charge in [-0.15, -0.1) is 22.9 Å². The number of likely N-dealkylation sites (tertiary alicyclic amines) is 1. The summed E-state index contributed by atoms with van der Waals surface area (Å²) in [4.78, 5) is 19.0. The van der Waals surface area contributed by atoms with Crippen LogP contribution in [0.1, 0.15) is 28.7 Å². The maximum Gasteiger partial charge on any atom is 0.265 e. The maximum absolute atomic E-state index is 12.2. The summed E-state index contributed by atoms with van der Waals surface area (Å²) in [6.45, 7) is 5.48. The van der Waals surface area contributed by atoms with Gasteiger partial charge in [-0.1, -0.05) is 6.92 Å². The van der Waals surface area contributed by atoms with Gasteiger partial charge in [0.2, 0.25) is 0 Å². The predicted molar refractivity (Wildman–Crippen MR) is 66.2 cm³/mol. The Bertz CT molecular complexity index is 393. The highest BCUT2D eigenvalue weighted by Gasteiger charge is 2.28. The van der Waals surface area contributed by atoms with Gasteiger partial charge in [0.1, 0.15) is 4.88 Å². The summed E-state index contributed by atoms with van der Waals surface area (Å²) in [5, 5.41) is 0.201. The fourth-order valence-corrected chi connectivity index (χ4v) is 2.90. The first-order chi connectivity index (χ1) is 7.59. The minimum Gasteiger partial charge on any atom is -0.338 e. The molecule has 1 aromatic rings. The van der Waals surface area contributed by atoms with E-state index in [1.165, 1.54) is 11.3 Å². The Labute approximate surface area is 104 Å². The highest BCUT2D eigenvalue weighted by molar-refractivity contribution is 7.11. The van der Waals surface area contributed by atoms with Crippen LogP contribution in [0.3, 0.4) is 0 Å². The van der Waals surface area contributed by atoms with Gasteiger partial charge in [-0.3, -0.25) is 4.79 Å². The van der Waals surface area contributed by atoms with Crippen molar-refractivity contribution >= 4 is 28.8 Å². The molecule has 0 saturated carbocycles. The molecule has 0 spiro atoms. The molecule has 0 aliphatic carbocycles. The van der Waals surface area contributed by atoms with Crippen molar-refractivity contribution in [2.45, 2.75) is 25.6 Å². The molecule has 0 aromatic carbocycles. The molecule has 16 heavy (non-hydrogen) atoms. The number of rotatable bonds is 1. The quantitative estimate of drug-likeness (QED) is 0.726. The smallest absolute Gasteiger partial charge is 0.265 e. The van der Waals surface area contributed by atoms with Crippen LogP contribution in [0.5, 0.6) is 0 Å². The van der Waals surface area contributed by atoms with E-state index in [1.807, 2.05) is 11.8 Å². The third kappa shape index (κ3) is 2.23. The van der Waals surface area contributed by atoms with Gasteiger partial charge in [-0.05, 0) is 19.3 Å². The van der Waals surface area contributed by atoms with Gasteiger partial charge < -0.3 is 4.90 Å². The average Bonchev–Trinajstić information content (AvgIpc) is 2.67. The van der Waals surface area contributed by atoms with Crippen LogP contribution in [0, 0.1) is 12.8 Å². The van der Waals surface area contributed by atoms with E-state index in [0.29, 0.717) is 5.92 Å². The van der Waals surface area contributed by atoms with Gasteiger partial charge in [0.05, 0.1) is 11.2 Å². The molecule has 2 atom stereocenters. The predicted octanol–water partition coefficient (Wildman–Crippen LogP) is 2.54. The van der Waals surface area contributed by atoms with E-state index in [9.17, 15) is 4.79 Å². The number of carbonyl (C=O) groups excluding carboxylic acids is 1. The first-order valence-electron chi connectivity index (χ1n) is 5.43. The number of amides is 1. The summed E-state index contributed by atoms with van der Waals surface area (Å²) in [6.07, 6.45) is 0.881. The minimum absolute atomic E-state index is 0.107. The molecular weight excluding hydrogens is 244 g/mol. The zero-order chi connectivity index (χ0) is 11.7. The molecule has 2 unspecified atom stereocenters. The third-order valence-electron chi connectivity index (χ3n) is 3.03. The number of alkyl halides is 1. The number of carbonyl (C=O) groups is 1. The summed E-state index contributed by atoms with van der Waals surface area (Å²) >= 11 is 7.56. The van der Waals surface area contributed by atoms with E-state index in [1.54, 1.807) is 5.51 Å². The van der Waals surface area contributed by atoms with Crippen molar-refractivity contribution in [1.82, 2.24) is 9.88 Å². The lowest BCUT2D eigenvalue weighted by Gasteiger charge is -2.33. The van der Waals surface area contributed by atoms with Crippen LogP contribution in [0.4, 0.5) is 0 Å². The van der Waals surface area contributed by atoms with Gasteiger partial charge in [-0.25, -0.2) is 4.98 Å². The van der Waals surface area contributed by atoms with Crippen molar-refractivity contribution in [1.29, 1.82) is 0 Å². The summed E-state index contributed by atoms with van der Waals surface area (Å²) in [5.74, 6) is 0.475. The van der Waals surface area contributed by atoms with Crippen LogP contribution >= 0.6 is 22.9 Å². The number of piperidine rings is 1. The SMILES string of the molecule is Cc1ncsc1C(=O)N1CCC(Cl)C(C)C1. The van der Waals surface area contributed by atoms with Gasteiger partial charge in [0.15, 0.2) is 0 Å². The number of thiazole rings is 1. The highest BCUT2D eigenvalue weighted by Crippen LogP contribution is 2.24. The maximum atomic E-state index is 12.2. The van der Waals surface area contributed by atoms with Crippen molar-refractivity contribution < 1.29 is 4.79 Å². The molecule has 3 nitrogen and oxygen atoms in total. The average molecular weight is 259 g/mol. The number of hydrogen-bond acceptors (Lipinski definition) is 3. The standard InChI is InChI=1S/C11H15ClN2OS/c1-7-5-14(4-3-9(7)12)11(15)10-8(2)13-6-16-10/h6-7,9H,3-5H2,1-2H3. The van der Waals surface area contributed by atoms with Crippen LogP contribution in [-0.2, 0) is 0 Å². The lowest BCUT2D eigenvalue weighted by atomic mass is 9.99. The number of aromatic nitrogens is 1. The summed E-state index contributed by atoms with van der Waals surface area (Å²) in [6, 6.07) is 0. The van der Waals surface area contributed by atoms with Gasteiger partial charge in [-0.2, -0.15) is 0 Å². The van der Waals surface area contributed by atoms with Gasteiger partial charge in [0.25, 0.3) is 5.91 Å². The van der Waals surface area contributed by atoms with Crippen molar-refractivity contribution in [3.05, 3.63) is 16.1 Å². The molecule has 1 saturated heterocycles. The molecular formula is C11H15ClN2OS. The first kappa shape index (κ1) is 11.9. The summed E-state index contributed by atoms with van der Waals surface area (Å²) in [5.41, 5.74) is 2.55. The van der Waals surface area contributed by atoms with Crippen molar-refractivity contribution in [3.63, 3.8) is 0 Å². The first-order valence-corrected chi connectivity index (χ1v) is 6.74. The van der Waals surface area contributed by atoms with E-state index >= 15 is 0 Å². The number of nitrogens with zero attached hydrogens (tertiary/aromatic N) is 2. The summed E-state index contributed by atoms with van der Waals surface area (Å²) in [7, 11) is 0. The monoisotopic (exact) mass is 258 g/mol. The number of hydrogen-bond donors (Lipinski definition) is 0. The van der Waals surface area contributed by atoms with E-state index in [2.05, 4.69) is 11.9 Å². The van der Waals surface area contributed by atoms with Gasteiger partial charge in [0, 0.05) is 18.5 Å². The van der Waals surface area contributed by atoms with Crippen LogP contribution in [0.15, 0.2) is 5.51 Å². The molecule has 0 radical (unpaired) electrons. The molecule has 1 amide bonds. The Balaban J connectivity index is 2.09. The van der Waals surface area contributed by atoms with E-state index in [0.717, 1.165) is 30.1 Å². The van der Waals surface area contributed by atoms with E-state index in [-0.39, 0.29) is 11.3 Å². The molecule has 1 aromatic heterocycles.